The molecule has 128 valence electrons. The maximum atomic E-state index is 2.62. The zero-order chi connectivity index (χ0) is 17.1. The van der Waals surface area contributed by atoms with Crippen molar-refractivity contribution in [3.8, 4) is 0 Å². The molecule has 0 fully saturated rings. The lowest BCUT2D eigenvalue weighted by Crippen LogP contribution is -2.84. The smallest absolute Gasteiger partial charge is 0.287 e. The quantitative estimate of drug-likeness (QED) is 0.638. The van der Waals surface area contributed by atoms with Crippen molar-refractivity contribution < 1.29 is 0 Å². The molecule has 0 N–H and O–H groups in total. The van der Waals surface area contributed by atoms with Crippen molar-refractivity contribution in [2.45, 2.75) is 79.6 Å². The normalized spacial score (nSPS) is 14.3. The van der Waals surface area contributed by atoms with Crippen LogP contribution in [-0.2, 0) is 0 Å². The van der Waals surface area contributed by atoms with Crippen LogP contribution in [0.3, 0.4) is 0 Å². The molecule has 21 heavy (non-hydrogen) atoms. The van der Waals surface area contributed by atoms with E-state index in [4.69, 9.17) is 0 Å². The van der Waals surface area contributed by atoms with E-state index in [1.54, 1.807) is 0 Å². The number of hydrogen-bond donors (Lipinski definition) is 0. The van der Waals surface area contributed by atoms with Gasteiger partial charge in [0.05, 0.1) is 0 Å². The van der Waals surface area contributed by atoms with Gasteiger partial charge >= 0.3 is 8.72 Å². The van der Waals surface area contributed by atoms with Crippen molar-refractivity contribution in [1.82, 2.24) is 18.3 Å². The molecule has 0 bridgehead atoms. The fraction of sp³-hybridized carbons (Fsp3) is 1.00. The Labute approximate surface area is 135 Å². The average molecular weight is 317 g/mol. The van der Waals surface area contributed by atoms with Crippen LogP contribution < -0.4 is 0 Å². The lowest BCUT2D eigenvalue weighted by atomic mass is 10.4. The highest BCUT2D eigenvalue weighted by molar-refractivity contribution is 6.69. The Morgan fingerprint density at radius 2 is 0.571 bits per heavy atom. The predicted octanol–water partition coefficient (Wildman–Crippen LogP) is 2.78. The van der Waals surface area contributed by atoms with E-state index in [1.165, 1.54) is 0 Å². The van der Waals surface area contributed by atoms with Crippen LogP contribution in [-0.4, -0.2) is 79.3 Å². The van der Waals surface area contributed by atoms with E-state index >= 15 is 0 Å². The molecule has 0 aliphatic rings. The second-order valence-corrected chi connectivity index (χ2v) is 11.4. The van der Waals surface area contributed by atoms with E-state index < -0.39 is 8.72 Å². The molecule has 0 spiro atoms. The van der Waals surface area contributed by atoms with Crippen LogP contribution in [0.15, 0.2) is 0 Å². The molecule has 0 aromatic carbocycles. The van der Waals surface area contributed by atoms with Crippen molar-refractivity contribution >= 4 is 8.72 Å². The van der Waals surface area contributed by atoms with Gasteiger partial charge in [0.1, 0.15) is 0 Å². The highest BCUT2D eigenvalue weighted by atomic mass is 28.4. The zero-order valence-electron chi connectivity index (χ0n) is 16.6. The Hall–Kier alpha value is 0.0569. The molecule has 0 rings (SSSR count). The monoisotopic (exact) mass is 316 g/mol. The molecule has 0 radical (unpaired) electrons. The first kappa shape index (κ1) is 21.1. The molecule has 5 heteroatoms. The fourth-order valence-electron chi connectivity index (χ4n) is 2.88. The summed E-state index contributed by atoms with van der Waals surface area (Å²) in [5.41, 5.74) is 0. The molecule has 0 saturated carbocycles. The van der Waals surface area contributed by atoms with Crippen LogP contribution in [0.2, 0.25) is 0 Å². The minimum Gasteiger partial charge on any atom is -0.287 e. The van der Waals surface area contributed by atoms with E-state index in [1.807, 2.05) is 0 Å². The Kier molecular flexibility index (Phi) is 8.08. The van der Waals surface area contributed by atoms with Crippen molar-refractivity contribution in [2.24, 2.45) is 0 Å². The van der Waals surface area contributed by atoms with E-state index in [2.05, 4.69) is 102 Å². The van der Waals surface area contributed by atoms with Gasteiger partial charge in [-0.25, -0.2) is 0 Å². The highest BCUT2D eigenvalue weighted by Gasteiger charge is 2.54. The highest BCUT2D eigenvalue weighted by Crippen LogP contribution is 2.27. The molecule has 0 amide bonds. The van der Waals surface area contributed by atoms with Gasteiger partial charge in [0, 0.05) is 24.2 Å². The van der Waals surface area contributed by atoms with Gasteiger partial charge < -0.3 is 0 Å². The summed E-state index contributed by atoms with van der Waals surface area (Å²) in [6, 6.07) is 2.06. The van der Waals surface area contributed by atoms with Gasteiger partial charge in [-0.2, -0.15) is 0 Å². The van der Waals surface area contributed by atoms with Crippen molar-refractivity contribution in [1.29, 1.82) is 0 Å². The van der Waals surface area contributed by atoms with Crippen LogP contribution in [0, 0.1) is 0 Å². The molecule has 0 aromatic rings. The lowest BCUT2D eigenvalue weighted by molar-refractivity contribution is 0.159. The lowest BCUT2D eigenvalue weighted by Gasteiger charge is -2.58. The van der Waals surface area contributed by atoms with Crippen LogP contribution >= 0.6 is 0 Å². The summed E-state index contributed by atoms with van der Waals surface area (Å²) in [5, 5.41) is 0. The third kappa shape index (κ3) is 4.08. The average Bonchev–Trinajstić information content (AvgIpc) is 2.37. The van der Waals surface area contributed by atoms with Crippen molar-refractivity contribution in [2.75, 3.05) is 28.2 Å². The van der Waals surface area contributed by atoms with Gasteiger partial charge in [0.25, 0.3) is 0 Å². The molecule has 0 aliphatic carbocycles. The first-order chi connectivity index (χ1) is 9.42. The largest absolute Gasteiger partial charge is 0.376 e. The van der Waals surface area contributed by atoms with Crippen LogP contribution in [0.4, 0.5) is 0 Å². The Bertz CT molecular complexity index is 243. The zero-order valence-corrected chi connectivity index (χ0v) is 17.6. The summed E-state index contributed by atoms with van der Waals surface area (Å²) in [6.07, 6.45) is 0. The molecular weight excluding hydrogens is 276 g/mol. The number of hydrogen-bond acceptors (Lipinski definition) is 4. The fourth-order valence-corrected chi connectivity index (χ4v) is 8.64. The minimum absolute atomic E-state index is 0.514. The van der Waals surface area contributed by atoms with Gasteiger partial charge in [-0.05, 0) is 28.2 Å². The molecular formula is C16H40N4Si. The molecule has 0 saturated heterocycles. The maximum absolute atomic E-state index is 2.62. The van der Waals surface area contributed by atoms with E-state index in [0.717, 1.165) is 0 Å². The molecule has 0 unspecified atom stereocenters. The van der Waals surface area contributed by atoms with E-state index in [9.17, 15) is 0 Å². The number of nitrogens with zero attached hydrogens (tertiary/aromatic N) is 4. The molecule has 4 nitrogen and oxygen atoms in total. The van der Waals surface area contributed by atoms with E-state index in [0.29, 0.717) is 24.2 Å². The third-order valence-electron chi connectivity index (χ3n) is 4.99. The summed E-state index contributed by atoms with van der Waals surface area (Å²) < 4.78 is 10.5. The second kappa shape index (κ2) is 8.06. The SMILES string of the molecule is CC(C)N(C)[Si](N(C)C(C)C)(N(C)C(C)C)N(C)C(C)C. The van der Waals surface area contributed by atoms with Gasteiger partial charge in [0.2, 0.25) is 0 Å². The first-order valence-electron chi connectivity index (χ1n) is 8.33. The van der Waals surface area contributed by atoms with Gasteiger partial charge in [-0.15, -0.1) is 0 Å². The summed E-state index contributed by atoms with van der Waals surface area (Å²) in [4.78, 5) is 0. The second-order valence-electron chi connectivity index (χ2n) is 7.42. The predicted molar refractivity (Wildman–Crippen MR) is 97.4 cm³/mol. The Morgan fingerprint density at radius 1 is 0.429 bits per heavy atom. The van der Waals surface area contributed by atoms with Gasteiger partial charge in [-0.1, -0.05) is 55.4 Å². The first-order valence-corrected chi connectivity index (χ1v) is 10.1. The van der Waals surface area contributed by atoms with E-state index in [-0.39, 0.29) is 0 Å². The third-order valence-corrected chi connectivity index (χ3v) is 10.8. The Morgan fingerprint density at radius 3 is 0.667 bits per heavy atom. The van der Waals surface area contributed by atoms with Gasteiger partial charge in [0.15, 0.2) is 0 Å². The summed E-state index contributed by atoms with van der Waals surface area (Å²) >= 11 is 0. The molecule has 0 heterocycles. The van der Waals surface area contributed by atoms with Crippen LogP contribution in [0.1, 0.15) is 55.4 Å². The minimum atomic E-state index is -2.13. The molecule has 0 aliphatic heterocycles. The maximum Gasteiger partial charge on any atom is 0.376 e. The molecule has 0 atom stereocenters. The van der Waals surface area contributed by atoms with Crippen molar-refractivity contribution in [3.05, 3.63) is 0 Å². The summed E-state index contributed by atoms with van der Waals surface area (Å²) in [5.74, 6) is 0. The summed E-state index contributed by atoms with van der Waals surface area (Å²) in [6.45, 7) is 18.4. The standard InChI is InChI=1S/C16H40N4Si/c1-13(2)17(9)21(18(10)14(3)4,19(11)15(5)6)20(12)16(7)8/h13-16H,1-12H3. The van der Waals surface area contributed by atoms with Gasteiger partial charge in [-0.3, -0.25) is 18.3 Å². The topological polar surface area (TPSA) is 13.0 Å². The Balaban J connectivity index is 6.20. The number of rotatable bonds is 8. The van der Waals surface area contributed by atoms with Crippen molar-refractivity contribution in [3.63, 3.8) is 0 Å². The van der Waals surface area contributed by atoms with Crippen LogP contribution in [0.25, 0.3) is 0 Å². The summed E-state index contributed by atoms with van der Waals surface area (Å²) in [7, 11) is 7.07. The molecule has 0 aromatic heterocycles. The van der Waals surface area contributed by atoms with Crippen LogP contribution in [0.5, 0.6) is 0 Å².